The fraction of sp³-hybridized carbons (Fsp3) is 0.333. The summed E-state index contributed by atoms with van der Waals surface area (Å²) in [6, 6.07) is 6.93. The van der Waals surface area contributed by atoms with Crippen LogP contribution in [0.1, 0.15) is 24.1 Å². The molecule has 0 heterocycles. The van der Waals surface area contributed by atoms with Gasteiger partial charge in [-0.05, 0) is 24.6 Å². The predicted molar refractivity (Wildman–Crippen MR) is 66.8 cm³/mol. The van der Waals surface area contributed by atoms with Gasteiger partial charge in [-0.25, -0.2) is 13.1 Å². The number of aliphatic hydroxyl groups is 1. The molecule has 2 N–H and O–H groups in total. The van der Waals surface area contributed by atoms with Crippen LogP contribution in [-0.4, -0.2) is 26.4 Å². The lowest BCUT2D eigenvalue weighted by Gasteiger charge is -2.12. The Kier molecular flexibility index (Phi) is 4.70. The Morgan fingerprint density at radius 3 is 2.76 bits per heavy atom. The van der Waals surface area contributed by atoms with Gasteiger partial charge in [0.2, 0.25) is 10.0 Å². The summed E-state index contributed by atoms with van der Waals surface area (Å²) in [4.78, 5) is 0. The Morgan fingerprint density at radius 2 is 2.18 bits per heavy atom. The minimum Gasteiger partial charge on any atom is -0.384 e. The van der Waals surface area contributed by atoms with Gasteiger partial charge in [0.15, 0.2) is 0 Å². The molecular weight excluding hydrogens is 238 g/mol. The molecule has 4 nitrogen and oxygen atoms in total. The molecule has 0 amide bonds. The summed E-state index contributed by atoms with van der Waals surface area (Å²) in [5.41, 5.74) is 1.58. The molecule has 0 aromatic heterocycles. The first kappa shape index (κ1) is 13.7. The number of rotatable bonds is 3. The molecule has 0 radical (unpaired) electrons. The lowest BCUT2D eigenvalue weighted by molar-refractivity contribution is 0.350. The smallest absolute Gasteiger partial charge is 0.209 e. The zero-order chi connectivity index (χ0) is 12.9. The highest BCUT2D eigenvalue weighted by Crippen LogP contribution is 2.14. The van der Waals surface area contributed by atoms with Crippen LogP contribution in [0.25, 0.3) is 0 Å². The van der Waals surface area contributed by atoms with Crippen molar-refractivity contribution in [3.63, 3.8) is 0 Å². The minimum absolute atomic E-state index is 0.193. The molecule has 0 aliphatic carbocycles. The molecular formula is C12H15NO3S. The van der Waals surface area contributed by atoms with Crippen molar-refractivity contribution in [3.8, 4) is 11.8 Å². The maximum Gasteiger partial charge on any atom is 0.209 e. The monoisotopic (exact) mass is 253 g/mol. The van der Waals surface area contributed by atoms with Crippen molar-refractivity contribution in [2.24, 2.45) is 0 Å². The van der Waals surface area contributed by atoms with Gasteiger partial charge in [-0.3, -0.25) is 0 Å². The van der Waals surface area contributed by atoms with Crippen LogP contribution < -0.4 is 4.72 Å². The summed E-state index contributed by atoms with van der Waals surface area (Å²) in [6.07, 6.45) is 1.12. The molecule has 1 unspecified atom stereocenters. The van der Waals surface area contributed by atoms with Crippen LogP contribution in [0.2, 0.25) is 0 Å². The fourth-order valence-electron chi connectivity index (χ4n) is 1.42. The van der Waals surface area contributed by atoms with Crippen molar-refractivity contribution >= 4 is 10.0 Å². The zero-order valence-electron chi connectivity index (χ0n) is 9.77. The van der Waals surface area contributed by atoms with Gasteiger partial charge in [0.25, 0.3) is 0 Å². The van der Waals surface area contributed by atoms with E-state index < -0.39 is 10.0 Å². The molecule has 92 valence electrons. The van der Waals surface area contributed by atoms with Gasteiger partial charge >= 0.3 is 0 Å². The summed E-state index contributed by atoms with van der Waals surface area (Å²) in [7, 11) is -3.23. The van der Waals surface area contributed by atoms with Crippen LogP contribution in [0.5, 0.6) is 0 Å². The average Bonchev–Trinajstić information content (AvgIpc) is 2.24. The molecule has 1 aromatic carbocycles. The second kappa shape index (κ2) is 5.82. The van der Waals surface area contributed by atoms with Crippen molar-refractivity contribution in [2.75, 3.05) is 12.9 Å². The summed E-state index contributed by atoms with van der Waals surface area (Å²) in [5, 5.41) is 8.59. The van der Waals surface area contributed by atoms with Crippen LogP contribution in [-0.2, 0) is 10.0 Å². The Balaban J connectivity index is 2.91. The van der Waals surface area contributed by atoms with Gasteiger partial charge in [-0.2, -0.15) is 0 Å². The van der Waals surface area contributed by atoms with E-state index in [9.17, 15) is 8.42 Å². The van der Waals surface area contributed by atoms with Crippen molar-refractivity contribution in [2.45, 2.75) is 13.0 Å². The molecule has 0 aliphatic rings. The van der Waals surface area contributed by atoms with Gasteiger partial charge in [-0.15, -0.1) is 0 Å². The van der Waals surface area contributed by atoms with E-state index in [1.165, 1.54) is 0 Å². The van der Waals surface area contributed by atoms with E-state index >= 15 is 0 Å². The van der Waals surface area contributed by atoms with Crippen molar-refractivity contribution < 1.29 is 13.5 Å². The van der Waals surface area contributed by atoms with Crippen molar-refractivity contribution in [1.29, 1.82) is 0 Å². The van der Waals surface area contributed by atoms with E-state index in [1.807, 2.05) is 6.07 Å². The number of hydrogen-bond acceptors (Lipinski definition) is 3. The molecule has 0 bridgehead atoms. The highest BCUT2D eigenvalue weighted by atomic mass is 32.2. The molecule has 0 spiro atoms. The summed E-state index contributed by atoms with van der Waals surface area (Å²) >= 11 is 0. The highest BCUT2D eigenvalue weighted by molar-refractivity contribution is 7.88. The molecule has 0 saturated carbocycles. The number of aliphatic hydroxyl groups excluding tert-OH is 1. The molecule has 5 heteroatoms. The predicted octanol–water partition coefficient (Wildman–Crippen LogP) is 0.641. The second-order valence-corrected chi connectivity index (χ2v) is 5.48. The molecule has 0 fully saturated rings. The normalized spacial score (nSPS) is 12.6. The lowest BCUT2D eigenvalue weighted by Crippen LogP contribution is -2.25. The quantitative estimate of drug-likeness (QED) is 0.777. The highest BCUT2D eigenvalue weighted by Gasteiger charge is 2.10. The summed E-state index contributed by atoms with van der Waals surface area (Å²) in [6.45, 7) is 1.57. The number of benzene rings is 1. The van der Waals surface area contributed by atoms with E-state index in [4.69, 9.17) is 5.11 Å². The Bertz CT molecular complexity index is 540. The van der Waals surface area contributed by atoms with Crippen LogP contribution in [0.15, 0.2) is 24.3 Å². The van der Waals surface area contributed by atoms with E-state index in [0.717, 1.165) is 17.4 Å². The van der Waals surface area contributed by atoms with Gasteiger partial charge < -0.3 is 5.11 Å². The third kappa shape index (κ3) is 5.00. The molecule has 1 rings (SSSR count). The first-order chi connectivity index (χ1) is 7.92. The maximum atomic E-state index is 11.1. The average molecular weight is 253 g/mol. The number of nitrogens with one attached hydrogen (secondary N) is 1. The second-order valence-electron chi connectivity index (χ2n) is 3.70. The van der Waals surface area contributed by atoms with E-state index in [-0.39, 0.29) is 12.6 Å². The largest absolute Gasteiger partial charge is 0.384 e. The van der Waals surface area contributed by atoms with Crippen LogP contribution in [0, 0.1) is 11.8 Å². The van der Waals surface area contributed by atoms with Gasteiger partial charge in [-0.1, -0.05) is 24.0 Å². The van der Waals surface area contributed by atoms with Crippen LogP contribution >= 0.6 is 0 Å². The van der Waals surface area contributed by atoms with Crippen molar-refractivity contribution in [3.05, 3.63) is 35.4 Å². The fourth-order valence-corrected chi connectivity index (χ4v) is 2.19. The summed E-state index contributed by atoms with van der Waals surface area (Å²) in [5.74, 6) is 5.32. The molecule has 0 aliphatic heterocycles. The van der Waals surface area contributed by atoms with E-state index in [0.29, 0.717) is 0 Å². The Morgan fingerprint density at radius 1 is 1.47 bits per heavy atom. The first-order valence-electron chi connectivity index (χ1n) is 5.09. The minimum atomic E-state index is -3.23. The molecule has 17 heavy (non-hydrogen) atoms. The molecule has 1 atom stereocenters. The van der Waals surface area contributed by atoms with E-state index in [2.05, 4.69) is 16.6 Å². The lowest BCUT2D eigenvalue weighted by atomic mass is 10.1. The SMILES string of the molecule is CC(NS(C)(=O)=O)c1cccc(C#CCO)c1. The third-order valence-corrected chi connectivity index (χ3v) is 2.87. The van der Waals surface area contributed by atoms with Gasteiger partial charge in [0.1, 0.15) is 6.61 Å². The van der Waals surface area contributed by atoms with Crippen LogP contribution in [0.3, 0.4) is 0 Å². The number of hydrogen-bond donors (Lipinski definition) is 2. The zero-order valence-corrected chi connectivity index (χ0v) is 10.6. The third-order valence-electron chi connectivity index (χ3n) is 2.09. The number of sulfonamides is 1. The van der Waals surface area contributed by atoms with E-state index in [1.54, 1.807) is 25.1 Å². The van der Waals surface area contributed by atoms with Gasteiger partial charge in [0, 0.05) is 11.6 Å². The van der Waals surface area contributed by atoms with Gasteiger partial charge in [0.05, 0.1) is 6.26 Å². The maximum absolute atomic E-state index is 11.1. The summed E-state index contributed by atoms with van der Waals surface area (Å²) < 4.78 is 24.7. The Hall–Kier alpha value is -1.35. The van der Waals surface area contributed by atoms with Crippen molar-refractivity contribution in [1.82, 2.24) is 4.72 Å². The molecule has 0 saturated heterocycles. The molecule has 1 aromatic rings. The first-order valence-corrected chi connectivity index (χ1v) is 6.98. The standard InChI is InChI=1S/C12H15NO3S/c1-10(13-17(2,15)16)12-7-3-5-11(9-12)6-4-8-14/h3,5,7,9-10,13-14H,8H2,1-2H3. The topological polar surface area (TPSA) is 66.4 Å². The Labute approximate surface area is 102 Å². The van der Waals surface area contributed by atoms with Crippen LogP contribution in [0.4, 0.5) is 0 Å².